The number of carbonyl (C=O) groups excluding carboxylic acids is 2. The molecule has 0 amide bonds. The molecule has 4 saturated heterocycles. The average molecular weight is 1300 g/mol. The average Bonchev–Trinajstić information content (AvgIpc) is 2.50. The van der Waals surface area contributed by atoms with Gasteiger partial charge in [0.15, 0.2) is 0 Å². The molecule has 2 aliphatic carbocycles. The van der Waals surface area contributed by atoms with Crippen LogP contribution in [-0.2, 0) is 76.5 Å². The third-order valence-corrected chi connectivity index (χ3v) is 18.5. The molecule has 6 aliphatic rings. The number of hydrogen-bond donors (Lipinski definition) is 1. The summed E-state index contributed by atoms with van der Waals surface area (Å²) in [5.74, 6) is 1.92. The first-order valence-corrected chi connectivity index (χ1v) is 34.3. The van der Waals surface area contributed by atoms with Crippen molar-refractivity contribution >= 4 is 27.9 Å². The molecule has 4 unspecified atom stereocenters. The number of rotatable bonds is 21. The minimum atomic E-state index is -0.716. The quantitative estimate of drug-likeness (QED) is 0.0479. The van der Waals surface area contributed by atoms with Gasteiger partial charge in [0.25, 0.3) is 0 Å². The van der Waals surface area contributed by atoms with E-state index in [1.807, 2.05) is 20.8 Å². The second-order valence-electron chi connectivity index (χ2n) is 27.4. The lowest BCUT2D eigenvalue weighted by Crippen LogP contribution is -2.38. The number of alkyl halides is 1. The van der Waals surface area contributed by atoms with Crippen molar-refractivity contribution in [1.82, 2.24) is 20.2 Å². The van der Waals surface area contributed by atoms with Crippen molar-refractivity contribution in [2.24, 2.45) is 11.8 Å². The largest absolute Gasteiger partial charge is 0.496 e. The zero-order chi connectivity index (χ0) is 63.7. The maximum Gasteiger partial charge on any atom is 0.328 e. The number of carbonyl (C=O) groups is 2. The van der Waals surface area contributed by atoms with Crippen LogP contribution in [0.15, 0.2) is 48.5 Å². The highest BCUT2D eigenvalue weighted by Gasteiger charge is 2.40. The number of fused-ring (bicyclic) bond motifs is 2. The predicted molar refractivity (Wildman–Crippen MR) is 347 cm³/mol. The van der Waals surface area contributed by atoms with Gasteiger partial charge in [0, 0.05) is 92.1 Å². The van der Waals surface area contributed by atoms with Gasteiger partial charge in [-0.3, -0.25) is 19.7 Å². The van der Waals surface area contributed by atoms with E-state index in [9.17, 15) is 18.4 Å². The zero-order valence-corrected chi connectivity index (χ0v) is 56.7. The number of nitrogens with zero attached hydrogens (tertiary/aromatic N) is 3. The molecule has 2 aromatic carbocycles. The molecule has 2 aromatic heterocycles. The van der Waals surface area contributed by atoms with Crippen LogP contribution in [0.1, 0.15) is 225 Å². The van der Waals surface area contributed by atoms with Crippen molar-refractivity contribution in [3.05, 3.63) is 116 Å². The first-order chi connectivity index (χ1) is 42.6. The highest BCUT2D eigenvalue weighted by atomic mass is 79.9. The van der Waals surface area contributed by atoms with Gasteiger partial charge in [-0.2, -0.15) is 0 Å². The summed E-state index contributed by atoms with van der Waals surface area (Å²) in [7, 11) is 3.53. The van der Waals surface area contributed by atoms with Crippen LogP contribution in [0.25, 0.3) is 0 Å². The molecule has 6 heterocycles. The number of esters is 2. The van der Waals surface area contributed by atoms with Crippen LogP contribution in [0.4, 0.5) is 8.78 Å². The molecular formula is C72H103BrF2N4O10. The second kappa shape index (κ2) is 33.8. The van der Waals surface area contributed by atoms with Crippen molar-refractivity contribution < 1.29 is 56.3 Å². The number of likely N-dealkylation sites (tertiary alicyclic amines) is 1. The summed E-state index contributed by atoms with van der Waals surface area (Å²) in [6, 6.07) is 12.8. The molecule has 17 heteroatoms. The number of aromatic nitrogens is 2. The fourth-order valence-corrected chi connectivity index (χ4v) is 13.6. The van der Waals surface area contributed by atoms with E-state index in [0.717, 1.165) is 170 Å². The summed E-state index contributed by atoms with van der Waals surface area (Å²) < 4.78 is 75.0. The van der Waals surface area contributed by atoms with Crippen molar-refractivity contribution in [2.75, 3.05) is 66.8 Å². The predicted octanol–water partition coefficient (Wildman–Crippen LogP) is 14.9. The molecule has 4 fully saturated rings. The first-order valence-electron chi connectivity index (χ1n) is 33.4. The van der Waals surface area contributed by atoms with E-state index in [0.29, 0.717) is 56.1 Å². The molecule has 14 nitrogen and oxygen atoms in total. The Morgan fingerprint density at radius 1 is 0.652 bits per heavy atom. The topological polar surface area (TPSA) is 149 Å². The van der Waals surface area contributed by atoms with Gasteiger partial charge >= 0.3 is 11.9 Å². The van der Waals surface area contributed by atoms with Crippen LogP contribution in [0.5, 0.6) is 11.5 Å². The Labute approximate surface area is 538 Å². The fraction of sp³-hybridized carbons (Fsp3) is 0.667. The van der Waals surface area contributed by atoms with Gasteiger partial charge < -0.3 is 43.2 Å². The number of pyridine rings is 2. The summed E-state index contributed by atoms with van der Waals surface area (Å²) in [6.07, 6.45) is 20.8. The molecule has 0 bridgehead atoms. The number of benzene rings is 2. The van der Waals surface area contributed by atoms with E-state index >= 15 is 0 Å². The lowest BCUT2D eigenvalue weighted by atomic mass is 9.87. The smallest absolute Gasteiger partial charge is 0.328 e. The van der Waals surface area contributed by atoms with E-state index in [1.54, 1.807) is 47.1 Å². The maximum absolute atomic E-state index is 14.7. The summed E-state index contributed by atoms with van der Waals surface area (Å²) in [5.41, 5.74) is 9.09. The number of halogens is 3. The molecule has 89 heavy (non-hydrogen) atoms. The summed E-state index contributed by atoms with van der Waals surface area (Å²) >= 11 is 3.36. The third-order valence-electron chi connectivity index (χ3n) is 17.6. The highest BCUT2D eigenvalue weighted by Crippen LogP contribution is 2.40. The molecule has 10 rings (SSSR count). The maximum atomic E-state index is 14.7. The minimum absolute atomic E-state index is 0.00586. The molecule has 8 atom stereocenters. The Morgan fingerprint density at radius 2 is 1.16 bits per heavy atom. The Balaban J connectivity index is 0.000000191. The number of unbranched alkanes of at least 4 members (excludes halogenated alkanes) is 2. The van der Waals surface area contributed by atoms with Gasteiger partial charge in [0.2, 0.25) is 0 Å². The number of ether oxygens (including phenoxy) is 8. The van der Waals surface area contributed by atoms with E-state index in [1.165, 1.54) is 65.3 Å². The first kappa shape index (κ1) is 70.3. The molecule has 0 radical (unpaired) electrons. The van der Waals surface area contributed by atoms with Crippen molar-refractivity contribution in [1.29, 1.82) is 0 Å². The SMILES string of the molecule is CC(C)(C)OC(=O)C(Br)c1cc(F)ccc1[C@@H]1CCCCO1.COc1cc(CCCCO[C@@H]2CCN(C(C(=O)OC(C)(C)C)c3cc(F)ccc3[C@@H]3CCCCO3)C2)nc2c1CCC(C)C2.COc1cc(CCCCO[C@@H]2CCNC2)nc2c1CCC(C)C2. The molecular weight excluding hydrogens is 1200 g/mol. The van der Waals surface area contributed by atoms with Gasteiger partial charge in [-0.05, 0) is 235 Å². The normalized spacial score (nSPS) is 22.7. The Kier molecular flexibility index (Phi) is 26.7. The number of nitrogens with one attached hydrogen (secondary N) is 1. The molecule has 1 N–H and O–H groups in total. The minimum Gasteiger partial charge on any atom is -0.496 e. The Bertz CT molecular complexity index is 2900. The van der Waals surface area contributed by atoms with Crippen LogP contribution in [0.3, 0.4) is 0 Å². The van der Waals surface area contributed by atoms with Crippen LogP contribution in [0.2, 0.25) is 0 Å². The monoisotopic (exact) mass is 1300 g/mol. The lowest BCUT2D eigenvalue weighted by Gasteiger charge is -2.33. The summed E-state index contributed by atoms with van der Waals surface area (Å²) in [5, 5.41) is 3.34. The summed E-state index contributed by atoms with van der Waals surface area (Å²) in [4.78, 5) is 37.3. The Morgan fingerprint density at radius 3 is 1.64 bits per heavy atom. The van der Waals surface area contributed by atoms with Crippen molar-refractivity contribution in [2.45, 2.75) is 230 Å². The number of methoxy groups -OCH3 is 2. The van der Waals surface area contributed by atoms with Crippen LogP contribution in [0, 0.1) is 23.5 Å². The highest BCUT2D eigenvalue weighted by molar-refractivity contribution is 9.09. The molecule has 4 aromatic rings. The third kappa shape index (κ3) is 21.2. The van der Waals surface area contributed by atoms with E-state index in [-0.39, 0.29) is 35.9 Å². The van der Waals surface area contributed by atoms with Crippen molar-refractivity contribution in [3.63, 3.8) is 0 Å². The molecule has 0 saturated carbocycles. The van der Waals surface area contributed by atoms with Gasteiger partial charge in [0.1, 0.15) is 45.2 Å². The van der Waals surface area contributed by atoms with Crippen LogP contribution >= 0.6 is 15.9 Å². The molecule has 4 aliphatic heterocycles. The summed E-state index contributed by atoms with van der Waals surface area (Å²) in [6.45, 7) is 21.9. The van der Waals surface area contributed by atoms with Gasteiger partial charge in [-0.15, -0.1) is 0 Å². The molecule has 0 spiro atoms. The lowest BCUT2D eigenvalue weighted by molar-refractivity contribution is -0.161. The van der Waals surface area contributed by atoms with Crippen molar-refractivity contribution in [3.8, 4) is 11.5 Å². The van der Waals surface area contributed by atoms with Gasteiger partial charge in [0.05, 0.1) is 38.6 Å². The number of hydrogen-bond acceptors (Lipinski definition) is 14. The number of aryl methyl sites for hydroxylation is 2. The van der Waals surface area contributed by atoms with Crippen LogP contribution in [-0.4, -0.2) is 117 Å². The van der Waals surface area contributed by atoms with E-state index < -0.39 is 28.0 Å². The van der Waals surface area contributed by atoms with E-state index in [4.69, 9.17) is 47.9 Å². The van der Waals surface area contributed by atoms with E-state index in [2.05, 4.69) is 52.1 Å². The van der Waals surface area contributed by atoms with Gasteiger partial charge in [-0.25, -0.2) is 13.6 Å². The van der Waals surface area contributed by atoms with Crippen LogP contribution < -0.4 is 14.8 Å². The Hall–Kier alpha value is -4.62. The fourth-order valence-electron chi connectivity index (χ4n) is 13.1. The van der Waals surface area contributed by atoms with Gasteiger partial charge in [-0.1, -0.05) is 41.9 Å². The zero-order valence-electron chi connectivity index (χ0n) is 55.1. The standard InChI is InChI=1S/C36H51FN2O5.C19H30N2O2.C17H22BrFO3/c1-24-12-14-29-31(20-24)38-26(22-33(29)41-5)10-6-8-18-42-27-16-17-39(23-27)34(35(40)44-36(2,3)4)30-21-25(37)13-15-28(30)32-11-7-9-19-43-32;1-14-6-7-17-18(11-14)21-15(12-19(17)22-2)5-3-4-10-23-16-8-9-20-13-16;1-17(2,3)22-16(20)15(18)13-10-11(19)7-8-12(13)14-6-4-5-9-21-14/h13,15,21-22,24,27,32,34H,6-12,14,16-20,23H2,1-5H3;12,14,16,20H,3-11,13H2,1-2H3;7-8,10,14-15H,4-6,9H2,1-3H3/t24?,27-,32+,34?;14?,16-;14-,15?/m110/s1. The second-order valence-corrected chi connectivity index (χ2v) is 28.4. The molecule has 492 valence electrons.